The zero-order valence-corrected chi connectivity index (χ0v) is 18.1. The fourth-order valence-electron chi connectivity index (χ4n) is 3.66. The molecule has 7 nitrogen and oxygen atoms in total. The number of carbonyl (C=O) groups is 2. The average molecular weight is 406 g/mol. The maximum atomic E-state index is 12.4. The van der Waals surface area contributed by atoms with Crippen molar-refractivity contribution in [2.45, 2.75) is 52.5 Å². The van der Waals surface area contributed by atoms with Crippen molar-refractivity contribution in [3.63, 3.8) is 0 Å². The highest BCUT2D eigenvalue weighted by molar-refractivity contribution is 5.93. The monoisotopic (exact) mass is 405 g/mol. The van der Waals surface area contributed by atoms with E-state index in [0.717, 1.165) is 12.8 Å². The molecule has 1 aliphatic carbocycles. The van der Waals surface area contributed by atoms with Crippen LogP contribution in [-0.2, 0) is 9.59 Å². The van der Waals surface area contributed by atoms with Gasteiger partial charge in [-0.25, -0.2) is 0 Å². The van der Waals surface area contributed by atoms with Crippen LogP contribution >= 0.6 is 0 Å². The van der Waals surface area contributed by atoms with Gasteiger partial charge in [0.05, 0.1) is 26.3 Å². The van der Waals surface area contributed by atoms with Crippen LogP contribution in [0.1, 0.15) is 46.5 Å². The molecule has 29 heavy (non-hydrogen) atoms. The number of benzene rings is 1. The second kappa shape index (κ2) is 11.7. The first-order valence-corrected chi connectivity index (χ1v) is 10.6. The van der Waals surface area contributed by atoms with Crippen LogP contribution in [0, 0.1) is 5.92 Å². The topological polar surface area (TPSA) is 79.9 Å². The molecule has 1 aliphatic rings. The number of carbonyl (C=O) groups excluding carboxylic acids is 2. The highest BCUT2D eigenvalue weighted by Gasteiger charge is 2.23. The predicted octanol–water partition coefficient (Wildman–Crippen LogP) is 3.05. The minimum absolute atomic E-state index is 0.0289. The number of hydrogen-bond acceptors (Lipinski definition) is 5. The number of ether oxygens (including phenoxy) is 2. The molecule has 0 bridgehead atoms. The smallest absolute Gasteiger partial charge is 0.238 e. The lowest BCUT2D eigenvalue weighted by Crippen LogP contribution is -2.46. The van der Waals surface area contributed by atoms with Crippen molar-refractivity contribution in [2.24, 2.45) is 5.92 Å². The Labute approximate surface area is 174 Å². The number of likely N-dealkylation sites (N-methyl/N-ethyl adjacent to an activating group) is 1. The first kappa shape index (κ1) is 23.0. The van der Waals surface area contributed by atoms with Crippen LogP contribution in [0.2, 0.25) is 0 Å². The summed E-state index contributed by atoms with van der Waals surface area (Å²) < 4.78 is 11.1. The van der Waals surface area contributed by atoms with Crippen molar-refractivity contribution in [2.75, 3.05) is 38.7 Å². The summed E-state index contributed by atoms with van der Waals surface area (Å²) in [7, 11) is 1.77. The van der Waals surface area contributed by atoms with E-state index in [1.165, 1.54) is 12.8 Å². The highest BCUT2D eigenvalue weighted by atomic mass is 16.5. The molecule has 0 spiro atoms. The van der Waals surface area contributed by atoms with Gasteiger partial charge in [-0.1, -0.05) is 19.8 Å². The maximum absolute atomic E-state index is 12.4. The molecular formula is C22H35N3O4. The molecule has 2 N–H and O–H groups in total. The Kier molecular flexibility index (Phi) is 9.25. The SMILES string of the molecule is CCOc1ccc(NC(=O)CN(C)CC(=O)N[C@H]2CCCC[C@@H]2C)cc1OCC. The third-order valence-corrected chi connectivity index (χ3v) is 5.11. The van der Waals surface area contributed by atoms with Crippen LogP contribution in [0.15, 0.2) is 18.2 Å². The van der Waals surface area contributed by atoms with E-state index in [-0.39, 0.29) is 30.9 Å². The Hall–Kier alpha value is -2.28. The number of hydrogen-bond donors (Lipinski definition) is 2. The second-order valence-electron chi connectivity index (χ2n) is 7.68. The minimum Gasteiger partial charge on any atom is -0.490 e. The van der Waals surface area contributed by atoms with Crippen LogP contribution in [-0.4, -0.2) is 56.1 Å². The molecule has 2 rings (SSSR count). The molecule has 1 fully saturated rings. The Balaban J connectivity index is 1.83. The Bertz CT molecular complexity index is 680. The molecule has 0 aromatic heterocycles. The number of nitrogens with one attached hydrogen (secondary N) is 2. The molecule has 2 atom stereocenters. The van der Waals surface area contributed by atoms with Crippen LogP contribution in [0.3, 0.4) is 0 Å². The van der Waals surface area contributed by atoms with Crippen molar-refractivity contribution < 1.29 is 19.1 Å². The molecule has 0 aliphatic heterocycles. The van der Waals surface area contributed by atoms with E-state index < -0.39 is 0 Å². The van der Waals surface area contributed by atoms with Crippen molar-refractivity contribution in [3.05, 3.63) is 18.2 Å². The van der Waals surface area contributed by atoms with E-state index in [2.05, 4.69) is 17.6 Å². The molecular weight excluding hydrogens is 370 g/mol. The third kappa shape index (κ3) is 7.57. The van der Waals surface area contributed by atoms with Gasteiger partial charge in [0.15, 0.2) is 11.5 Å². The van der Waals surface area contributed by atoms with Gasteiger partial charge in [-0.2, -0.15) is 0 Å². The standard InChI is InChI=1S/C22H35N3O4/c1-5-28-19-12-11-17(13-20(19)29-6-2)23-21(26)14-25(4)15-22(27)24-18-10-8-7-9-16(18)3/h11-13,16,18H,5-10,14-15H2,1-4H3,(H,23,26)(H,24,27)/t16-,18-/m0/s1. The molecule has 0 radical (unpaired) electrons. The molecule has 1 aromatic rings. The number of nitrogens with zero attached hydrogens (tertiary/aromatic N) is 1. The summed E-state index contributed by atoms with van der Waals surface area (Å²) in [6, 6.07) is 5.57. The van der Waals surface area contributed by atoms with E-state index in [4.69, 9.17) is 9.47 Å². The molecule has 1 aromatic carbocycles. The molecule has 0 unspecified atom stereocenters. The van der Waals surface area contributed by atoms with Gasteiger partial charge in [0.1, 0.15) is 0 Å². The van der Waals surface area contributed by atoms with Crippen LogP contribution in [0.5, 0.6) is 11.5 Å². The van der Waals surface area contributed by atoms with E-state index in [1.54, 1.807) is 30.1 Å². The predicted molar refractivity (Wildman–Crippen MR) is 114 cm³/mol. The Morgan fingerprint density at radius 3 is 2.38 bits per heavy atom. The summed E-state index contributed by atoms with van der Waals surface area (Å²) >= 11 is 0. The first-order valence-electron chi connectivity index (χ1n) is 10.6. The fourth-order valence-corrected chi connectivity index (χ4v) is 3.66. The zero-order chi connectivity index (χ0) is 21.2. The Morgan fingerprint density at radius 2 is 1.69 bits per heavy atom. The van der Waals surface area contributed by atoms with Gasteiger partial charge in [0, 0.05) is 17.8 Å². The molecule has 1 saturated carbocycles. The maximum Gasteiger partial charge on any atom is 0.238 e. The average Bonchev–Trinajstić information content (AvgIpc) is 2.65. The lowest BCUT2D eigenvalue weighted by Gasteiger charge is -2.30. The molecule has 2 amide bonds. The van der Waals surface area contributed by atoms with Gasteiger partial charge in [0.2, 0.25) is 11.8 Å². The van der Waals surface area contributed by atoms with E-state index in [0.29, 0.717) is 36.3 Å². The molecule has 7 heteroatoms. The van der Waals surface area contributed by atoms with Crippen molar-refractivity contribution >= 4 is 17.5 Å². The van der Waals surface area contributed by atoms with E-state index in [1.807, 2.05) is 13.8 Å². The van der Waals surface area contributed by atoms with Crippen molar-refractivity contribution in [3.8, 4) is 11.5 Å². The van der Waals surface area contributed by atoms with Gasteiger partial charge in [-0.05, 0) is 51.8 Å². The normalized spacial score (nSPS) is 18.9. The second-order valence-corrected chi connectivity index (χ2v) is 7.68. The summed E-state index contributed by atoms with van der Waals surface area (Å²) in [5, 5.41) is 5.97. The lowest BCUT2D eigenvalue weighted by atomic mass is 9.86. The van der Waals surface area contributed by atoms with Crippen LogP contribution in [0.25, 0.3) is 0 Å². The molecule has 0 saturated heterocycles. The number of amides is 2. The fraction of sp³-hybridized carbons (Fsp3) is 0.636. The lowest BCUT2D eigenvalue weighted by molar-refractivity contribution is -0.124. The largest absolute Gasteiger partial charge is 0.490 e. The van der Waals surface area contributed by atoms with Crippen LogP contribution < -0.4 is 20.1 Å². The molecule has 0 heterocycles. The van der Waals surface area contributed by atoms with Gasteiger partial charge in [-0.15, -0.1) is 0 Å². The Morgan fingerprint density at radius 1 is 1.03 bits per heavy atom. The van der Waals surface area contributed by atoms with Crippen LogP contribution in [0.4, 0.5) is 5.69 Å². The summed E-state index contributed by atoms with van der Waals surface area (Å²) in [5.41, 5.74) is 0.635. The molecule has 162 valence electrons. The number of anilines is 1. The third-order valence-electron chi connectivity index (χ3n) is 5.11. The minimum atomic E-state index is -0.182. The first-order chi connectivity index (χ1) is 13.9. The summed E-state index contributed by atoms with van der Waals surface area (Å²) in [6.45, 7) is 7.37. The van der Waals surface area contributed by atoms with E-state index >= 15 is 0 Å². The summed E-state index contributed by atoms with van der Waals surface area (Å²) in [5.74, 6) is 1.55. The number of rotatable bonds is 10. The van der Waals surface area contributed by atoms with Gasteiger partial charge < -0.3 is 20.1 Å². The summed E-state index contributed by atoms with van der Waals surface area (Å²) in [4.78, 5) is 26.4. The van der Waals surface area contributed by atoms with Gasteiger partial charge >= 0.3 is 0 Å². The highest BCUT2D eigenvalue weighted by Crippen LogP contribution is 2.30. The van der Waals surface area contributed by atoms with Gasteiger partial charge in [0.25, 0.3) is 0 Å². The van der Waals surface area contributed by atoms with E-state index in [9.17, 15) is 9.59 Å². The zero-order valence-electron chi connectivity index (χ0n) is 18.1. The van der Waals surface area contributed by atoms with Gasteiger partial charge in [-0.3, -0.25) is 14.5 Å². The van der Waals surface area contributed by atoms with Crippen molar-refractivity contribution in [1.29, 1.82) is 0 Å². The summed E-state index contributed by atoms with van der Waals surface area (Å²) in [6.07, 6.45) is 4.61. The van der Waals surface area contributed by atoms with Crippen molar-refractivity contribution in [1.82, 2.24) is 10.2 Å². The quantitative estimate of drug-likeness (QED) is 0.625.